The number of nitrogens with zero attached hydrogens (tertiary/aromatic N) is 2. The van der Waals surface area contributed by atoms with Crippen LogP contribution in [-0.4, -0.2) is 28.9 Å². The van der Waals surface area contributed by atoms with Crippen LogP contribution in [0.3, 0.4) is 0 Å². The third-order valence-electron chi connectivity index (χ3n) is 4.02. The third-order valence-corrected chi connectivity index (χ3v) is 4.02. The molecule has 6 heteroatoms. The van der Waals surface area contributed by atoms with E-state index in [0.29, 0.717) is 24.4 Å². The van der Waals surface area contributed by atoms with E-state index in [4.69, 9.17) is 9.52 Å². The van der Waals surface area contributed by atoms with Crippen molar-refractivity contribution in [2.45, 2.75) is 39.2 Å². The zero-order valence-corrected chi connectivity index (χ0v) is 12.2. The molecule has 6 nitrogen and oxygen atoms in total. The minimum absolute atomic E-state index is 0.0988. The Labute approximate surface area is 123 Å². The first-order valence-electron chi connectivity index (χ1n) is 6.89. The number of aromatic carboxylic acids is 1. The highest BCUT2D eigenvalue weighted by Crippen LogP contribution is 2.39. The number of carbonyl (C=O) groups excluding carboxylic acids is 1. The molecule has 1 heterocycles. The lowest BCUT2D eigenvalue weighted by Crippen LogP contribution is -2.39. The summed E-state index contributed by atoms with van der Waals surface area (Å²) in [7, 11) is 1.61. The number of carboxylic acid groups (broad SMARTS) is 1. The number of rotatable bonds is 4. The molecule has 0 radical (unpaired) electrons. The van der Waals surface area contributed by atoms with E-state index in [2.05, 4.69) is 6.07 Å². The summed E-state index contributed by atoms with van der Waals surface area (Å²) in [5.74, 6) is -0.546. The fourth-order valence-electron chi connectivity index (χ4n) is 2.86. The number of nitriles is 1. The molecule has 0 aliphatic heterocycles. The monoisotopic (exact) mass is 290 g/mol. The molecule has 1 aliphatic carbocycles. The van der Waals surface area contributed by atoms with Crippen molar-refractivity contribution in [3.63, 3.8) is 0 Å². The average molecular weight is 290 g/mol. The maximum absolute atomic E-state index is 12.5. The average Bonchev–Trinajstić information content (AvgIpc) is 3.05. The van der Waals surface area contributed by atoms with E-state index in [9.17, 15) is 14.9 Å². The molecule has 1 N–H and O–H groups in total. The molecule has 0 saturated heterocycles. The van der Waals surface area contributed by atoms with Crippen LogP contribution in [0.1, 0.15) is 47.6 Å². The molecule has 0 aromatic carbocycles. The number of hydrogen-bond acceptors (Lipinski definition) is 4. The van der Waals surface area contributed by atoms with E-state index in [1.54, 1.807) is 14.0 Å². The van der Waals surface area contributed by atoms with Gasteiger partial charge in [-0.05, 0) is 25.8 Å². The summed E-state index contributed by atoms with van der Waals surface area (Å²) in [6.45, 7) is 1.74. The van der Waals surface area contributed by atoms with Gasteiger partial charge in [0.25, 0.3) is 0 Å². The van der Waals surface area contributed by atoms with Gasteiger partial charge in [0.05, 0.1) is 12.6 Å². The van der Waals surface area contributed by atoms with Gasteiger partial charge in [0, 0.05) is 7.05 Å². The number of aryl methyl sites for hydroxylation is 1. The number of hydrogen-bond donors (Lipinski definition) is 1. The quantitative estimate of drug-likeness (QED) is 0.918. The van der Waals surface area contributed by atoms with E-state index in [0.717, 1.165) is 12.8 Å². The third kappa shape index (κ3) is 2.77. The summed E-state index contributed by atoms with van der Waals surface area (Å²) in [6.07, 6.45) is 2.95. The first-order chi connectivity index (χ1) is 9.89. The van der Waals surface area contributed by atoms with Gasteiger partial charge >= 0.3 is 5.97 Å². The van der Waals surface area contributed by atoms with Gasteiger partial charge < -0.3 is 14.4 Å². The Morgan fingerprint density at radius 3 is 2.57 bits per heavy atom. The smallest absolute Gasteiger partial charge is 0.339 e. The van der Waals surface area contributed by atoms with Gasteiger partial charge in [-0.25, -0.2) is 4.79 Å². The highest BCUT2D eigenvalue weighted by Gasteiger charge is 2.43. The highest BCUT2D eigenvalue weighted by molar-refractivity contribution is 5.89. The number of amides is 1. The summed E-state index contributed by atoms with van der Waals surface area (Å²) in [5.41, 5.74) is -0.826. The first-order valence-corrected chi connectivity index (χ1v) is 6.89. The zero-order valence-electron chi connectivity index (χ0n) is 12.2. The summed E-state index contributed by atoms with van der Waals surface area (Å²) in [5, 5.41) is 18.3. The second-order valence-corrected chi connectivity index (χ2v) is 5.55. The fraction of sp³-hybridized carbons (Fsp3) is 0.533. The van der Waals surface area contributed by atoms with Crippen molar-refractivity contribution in [1.82, 2.24) is 4.90 Å². The van der Waals surface area contributed by atoms with E-state index in [1.807, 2.05) is 0 Å². The lowest BCUT2D eigenvalue weighted by Gasteiger charge is -2.25. The van der Waals surface area contributed by atoms with E-state index < -0.39 is 11.4 Å². The van der Waals surface area contributed by atoms with Crippen molar-refractivity contribution in [2.24, 2.45) is 5.41 Å². The minimum atomic E-state index is -1.05. The lowest BCUT2D eigenvalue weighted by atomic mass is 9.86. The Morgan fingerprint density at radius 2 is 2.10 bits per heavy atom. The molecule has 0 bridgehead atoms. The van der Waals surface area contributed by atoms with E-state index in [1.165, 1.54) is 11.0 Å². The molecule has 0 unspecified atom stereocenters. The predicted octanol–water partition coefficient (Wildman–Crippen LogP) is 2.33. The van der Waals surface area contributed by atoms with Gasteiger partial charge in [0.2, 0.25) is 5.91 Å². The SMILES string of the molecule is Cc1oc(CN(C)C(=O)C2(C#N)CCCC2)cc1C(=O)O. The molecule has 1 aliphatic rings. The molecule has 112 valence electrons. The van der Waals surface area contributed by atoms with Crippen LogP contribution in [-0.2, 0) is 11.3 Å². The van der Waals surface area contributed by atoms with Gasteiger partial charge in [-0.2, -0.15) is 5.26 Å². The molecule has 1 amide bonds. The normalized spacial score (nSPS) is 16.4. The van der Waals surface area contributed by atoms with Gasteiger partial charge in [0.1, 0.15) is 22.5 Å². The van der Waals surface area contributed by atoms with Crippen LogP contribution in [0.15, 0.2) is 10.5 Å². The topological polar surface area (TPSA) is 94.5 Å². The van der Waals surface area contributed by atoms with Crippen molar-refractivity contribution >= 4 is 11.9 Å². The van der Waals surface area contributed by atoms with Crippen molar-refractivity contribution in [1.29, 1.82) is 5.26 Å². The molecule has 21 heavy (non-hydrogen) atoms. The minimum Gasteiger partial charge on any atom is -0.478 e. The molecule has 1 saturated carbocycles. The van der Waals surface area contributed by atoms with Crippen LogP contribution in [0, 0.1) is 23.7 Å². The summed E-state index contributed by atoms with van der Waals surface area (Å²) in [4.78, 5) is 24.9. The number of carboxylic acids is 1. The first kappa shape index (κ1) is 15.1. The molecule has 2 rings (SSSR count). The van der Waals surface area contributed by atoms with Gasteiger partial charge in [-0.15, -0.1) is 0 Å². The predicted molar refractivity (Wildman–Crippen MR) is 73.4 cm³/mol. The van der Waals surface area contributed by atoms with Gasteiger partial charge in [-0.3, -0.25) is 4.79 Å². The Bertz CT molecular complexity index is 606. The summed E-state index contributed by atoms with van der Waals surface area (Å²) < 4.78 is 5.37. The second kappa shape index (κ2) is 5.60. The van der Waals surface area contributed by atoms with Crippen LogP contribution in [0.2, 0.25) is 0 Å². The lowest BCUT2D eigenvalue weighted by molar-refractivity contribution is -0.138. The Hall–Kier alpha value is -2.29. The van der Waals surface area contributed by atoms with Crippen molar-refractivity contribution in [2.75, 3.05) is 7.05 Å². The van der Waals surface area contributed by atoms with Crippen LogP contribution < -0.4 is 0 Å². The van der Waals surface area contributed by atoms with Crippen LogP contribution in [0.4, 0.5) is 0 Å². The molecule has 0 atom stereocenters. The van der Waals surface area contributed by atoms with Crippen LogP contribution in [0.25, 0.3) is 0 Å². The Morgan fingerprint density at radius 1 is 1.48 bits per heavy atom. The molecular formula is C15H18N2O4. The highest BCUT2D eigenvalue weighted by atomic mass is 16.4. The van der Waals surface area contributed by atoms with Crippen LogP contribution in [0.5, 0.6) is 0 Å². The van der Waals surface area contributed by atoms with Gasteiger partial charge in [-0.1, -0.05) is 12.8 Å². The van der Waals surface area contributed by atoms with Crippen molar-refractivity contribution in [3.8, 4) is 6.07 Å². The summed E-state index contributed by atoms with van der Waals surface area (Å²) in [6, 6.07) is 3.59. The standard InChI is InChI=1S/C15H18N2O4/c1-10-12(13(18)19)7-11(21-10)8-17(2)14(20)15(9-16)5-3-4-6-15/h7H,3-6,8H2,1-2H3,(H,18,19). The zero-order chi connectivity index (χ0) is 15.6. The fourth-order valence-corrected chi connectivity index (χ4v) is 2.86. The molecular weight excluding hydrogens is 272 g/mol. The maximum Gasteiger partial charge on any atom is 0.339 e. The Kier molecular flexibility index (Phi) is 4.03. The number of carbonyl (C=O) groups is 2. The Balaban J connectivity index is 2.13. The number of furan rings is 1. The van der Waals surface area contributed by atoms with Crippen molar-refractivity contribution < 1.29 is 19.1 Å². The van der Waals surface area contributed by atoms with Crippen LogP contribution >= 0.6 is 0 Å². The molecule has 0 spiro atoms. The van der Waals surface area contributed by atoms with Gasteiger partial charge in [0.15, 0.2) is 0 Å². The van der Waals surface area contributed by atoms with E-state index in [-0.39, 0.29) is 18.0 Å². The largest absolute Gasteiger partial charge is 0.478 e. The second-order valence-electron chi connectivity index (χ2n) is 5.55. The molecule has 1 aromatic heterocycles. The van der Waals surface area contributed by atoms with Crippen molar-refractivity contribution in [3.05, 3.63) is 23.2 Å². The van der Waals surface area contributed by atoms with E-state index >= 15 is 0 Å². The summed E-state index contributed by atoms with van der Waals surface area (Å²) >= 11 is 0. The molecule has 1 fully saturated rings. The molecule has 1 aromatic rings. The maximum atomic E-state index is 12.5.